The second kappa shape index (κ2) is 8.70. The minimum atomic E-state index is 0.215. The maximum Gasteiger partial charge on any atom is 0.226 e. The van der Waals surface area contributed by atoms with E-state index in [0.29, 0.717) is 6.42 Å². The molecule has 0 aromatic heterocycles. The molecular weight excluding hydrogens is 344 g/mol. The van der Waals surface area contributed by atoms with Gasteiger partial charge >= 0.3 is 0 Å². The molecule has 1 aliphatic rings. The van der Waals surface area contributed by atoms with Gasteiger partial charge in [-0.2, -0.15) is 0 Å². The van der Waals surface area contributed by atoms with Crippen molar-refractivity contribution < 1.29 is 4.79 Å². The minimum Gasteiger partial charge on any atom is -0.309 e. The Hall–Kier alpha value is -1.84. The van der Waals surface area contributed by atoms with E-state index in [4.69, 9.17) is 11.6 Å². The van der Waals surface area contributed by atoms with E-state index in [1.165, 1.54) is 11.1 Å². The molecule has 2 aromatic rings. The number of benzene rings is 2. The molecule has 0 aliphatic carbocycles. The molecule has 0 atom stereocenters. The highest BCUT2D eigenvalue weighted by Gasteiger charge is 2.28. The Kier molecular flexibility index (Phi) is 6.33. The van der Waals surface area contributed by atoms with E-state index in [0.717, 1.165) is 43.2 Å². The summed E-state index contributed by atoms with van der Waals surface area (Å²) in [5.41, 5.74) is 3.51. The van der Waals surface area contributed by atoms with Crippen LogP contribution in [-0.4, -0.2) is 29.9 Å². The van der Waals surface area contributed by atoms with Crippen molar-refractivity contribution in [3.63, 3.8) is 0 Å². The van der Waals surface area contributed by atoms with E-state index >= 15 is 0 Å². The third-order valence-electron chi connectivity index (χ3n) is 5.09. The number of nitrogens with zero attached hydrogens (tertiary/aromatic N) is 2. The Morgan fingerprint density at radius 1 is 1.15 bits per heavy atom. The van der Waals surface area contributed by atoms with Crippen molar-refractivity contribution in [2.45, 2.75) is 45.7 Å². The van der Waals surface area contributed by atoms with Gasteiger partial charge in [0.05, 0.1) is 0 Å². The van der Waals surface area contributed by atoms with E-state index in [2.05, 4.69) is 42.2 Å². The zero-order valence-electron chi connectivity index (χ0n) is 15.6. The van der Waals surface area contributed by atoms with E-state index < -0.39 is 0 Å². The second-order valence-corrected chi connectivity index (χ2v) is 7.53. The van der Waals surface area contributed by atoms with Crippen LogP contribution in [-0.2, 0) is 11.3 Å². The molecule has 1 fully saturated rings. The SMILES string of the molecule is CCC(=O)N(c1cccc(C)c1)C1CCN(Cc2ccc(Cl)cc2)CC1. The highest BCUT2D eigenvalue weighted by atomic mass is 35.5. The number of amides is 1. The lowest BCUT2D eigenvalue weighted by atomic mass is 10.0. The van der Waals surface area contributed by atoms with Gasteiger partial charge in [0.25, 0.3) is 0 Å². The summed E-state index contributed by atoms with van der Waals surface area (Å²) in [5, 5.41) is 0.777. The monoisotopic (exact) mass is 370 g/mol. The van der Waals surface area contributed by atoms with Crippen LogP contribution in [0.15, 0.2) is 48.5 Å². The second-order valence-electron chi connectivity index (χ2n) is 7.09. The quantitative estimate of drug-likeness (QED) is 0.734. The third kappa shape index (κ3) is 4.66. The first-order valence-corrected chi connectivity index (χ1v) is 9.80. The molecule has 0 radical (unpaired) electrons. The summed E-state index contributed by atoms with van der Waals surface area (Å²) in [5.74, 6) is 0.215. The van der Waals surface area contributed by atoms with Gasteiger partial charge in [-0.25, -0.2) is 0 Å². The summed E-state index contributed by atoms with van der Waals surface area (Å²) < 4.78 is 0. The van der Waals surface area contributed by atoms with Gasteiger partial charge in [-0.05, 0) is 55.2 Å². The predicted octanol–water partition coefficient (Wildman–Crippen LogP) is 5.06. The van der Waals surface area contributed by atoms with Crippen LogP contribution in [0.2, 0.25) is 5.02 Å². The van der Waals surface area contributed by atoms with Crippen LogP contribution in [0.1, 0.15) is 37.3 Å². The molecule has 3 nitrogen and oxygen atoms in total. The van der Waals surface area contributed by atoms with Gasteiger partial charge in [0, 0.05) is 42.8 Å². The number of halogens is 1. The lowest BCUT2D eigenvalue weighted by molar-refractivity contribution is -0.119. The van der Waals surface area contributed by atoms with Crippen LogP contribution in [0.25, 0.3) is 0 Å². The Morgan fingerprint density at radius 2 is 1.85 bits per heavy atom. The average Bonchev–Trinajstić information content (AvgIpc) is 2.65. The topological polar surface area (TPSA) is 23.6 Å². The fraction of sp³-hybridized carbons (Fsp3) is 0.409. The molecule has 0 saturated carbocycles. The smallest absolute Gasteiger partial charge is 0.226 e. The van der Waals surface area contributed by atoms with Gasteiger partial charge in [0.2, 0.25) is 5.91 Å². The summed E-state index contributed by atoms with van der Waals surface area (Å²) in [6.07, 6.45) is 2.56. The lowest BCUT2D eigenvalue weighted by Crippen LogP contribution is -2.47. The average molecular weight is 371 g/mol. The number of carbonyl (C=O) groups excluding carboxylic acids is 1. The number of carbonyl (C=O) groups is 1. The summed E-state index contributed by atoms with van der Waals surface area (Å²) in [6, 6.07) is 16.6. The number of hydrogen-bond acceptors (Lipinski definition) is 2. The first-order chi connectivity index (χ1) is 12.6. The van der Waals surface area contributed by atoms with E-state index in [9.17, 15) is 4.79 Å². The highest BCUT2D eigenvalue weighted by Crippen LogP contribution is 2.26. The molecular formula is C22H27ClN2O. The molecule has 1 saturated heterocycles. The molecule has 1 amide bonds. The standard InChI is InChI=1S/C22H27ClN2O/c1-3-22(26)25(21-6-4-5-17(2)15-21)20-11-13-24(14-12-20)16-18-7-9-19(23)10-8-18/h4-10,15,20H,3,11-14,16H2,1-2H3. The number of anilines is 1. The number of hydrogen-bond donors (Lipinski definition) is 0. The Bertz CT molecular complexity index is 736. The molecule has 3 rings (SSSR count). The zero-order valence-corrected chi connectivity index (χ0v) is 16.4. The van der Waals surface area contributed by atoms with Gasteiger partial charge in [-0.3, -0.25) is 9.69 Å². The normalized spacial score (nSPS) is 15.8. The summed E-state index contributed by atoms with van der Waals surface area (Å²) in [7, 11) is 0. The Morgan fingerprint density at radius 3 is 2.46 bits per heavy atom. The molecule has 2 aromatic carbocycles. The molecule has 0 bridgehead atoms. The number of piperidine rings is 1. The zero-order chi connectivity index (χ0) is 18.5. The van der Waals surface area contributed by atoms with E-state index in [-0.39, 0.29) is 11.9 Å². The van der Waals surface area contributed by atoms with Gasteiger partial charge < -0.3 is 4.90 Å². The van der Waals surface area contributed by atoms with Gasteiger partial charge in [0.1, 0.15) is 0 Å². The highest BCUT2D eigenvalue weighted by molar-refractivity contribution is 6.30. The van der Waals surface area contributed by atoms with Crippen LogP contribution in [0.3, 0.4) is 0 Å². The van der Waals surface area contributed by atoms with E-state index in [1.54, 1.807) is 0 Å². The predicted molar refractivity (Wildman–Crippen MR) is 109 cm³/mol. The minimum absolute atomic E-state index is 0.215. The van der Waals surface area contributed by atoms with Crippen LogP contribution in [0.4, 0.5) is 5.69 Å². The molecule has 1 aliphatic heterocycles. The first kappa shape index (κ1) is 18.9. The van der Waals surface area contributed by atoms with Crippen molar-refractivity contribution in [2.24, 2.45) is 0 Å². The molecule has 4 heteroatoms. The van der Waals surface area contributed by atoms with Crippen molar-refractivity contribution in [2.75, 3.05) is 18.0 Å². The third-order valence-corrected chi connectivity index (χ3v) is 5.34. The van der Waals surface area contributed by atoms with Crippen molar-refractivity contribution in [1.82, 2.24) is 4.90 Å². The first-order valence-electron chi connectivity index (χ1n) is 9.42. The fourth-order valence-electron chi connectivity index (χ4n) is 3.69. The molecule has 0 N–H and O–H groups in total. The van der Waals surface area contributed by atoms with Gasteiger partial charge in [-0.15, -0.1) is 0 Å². The van der Waals surface area contributed by atoms with Crippen molar-refractivity contribution in [3.8, 4) is 0 Å². The maximum atomic E-state index is 12.6. The molecule has 26 heavy (non-hydrogen) atoms. The van der Waals surface area contributed by atoms with E-state index in [1.807, 2.05) is 30.0 Å². The molecule has 1 heterocycles. The Balaban J connectivity index is 1.66. The van der Waals surface area contributed by atoms with Crippen molar-refractivity contribution in [1.29, 1.82) is 0 Å². The maximum absolute atomic E-state index is 12.6. The van der Waals surface area contributed by atoms with Crippen LogP contribution >= 0.6 is 11.6 Å². The summed E-state index contributed by atoms with van der Waals surface area (Å²) in [6.45, 7) is 6.98. The molecule has 138 valence electrons. The molecule has 0 spiro atoms. The number of likely N-dealkylation sites (tertiary alicyclic amines) is 1. The fourth-order valence-corrected chi connectivity index (χ4v) is 3.82. The summed E-state index contributed by atoms with van der Waals surface area (Å²) >= 11 is 5.97. The number of aryl methyl sites for hydroxylation is 1. The summed E-state index contributed by atoms with van der Waals surface area (Å²) in [4.78, 5) is 17.1. The van der Waals surface area contributed by atoms with Gasteiger partial charge in [-0.1, -0.05) is 42.8 Å². The van der Waals surface area contributed by atoms with Gasteiger partial charge in [0.15, 0.2) is 0 Å². The van der Waals surface area contributed by atoms with Crippen LogP contribution < -0.4 is 4.90 Å². The van der Waals surface area contributed by atoms with Crippen LogP contribution in [0.5, 0.6) is 0 Å². The van der Waals surface area contributed by atoms with Crippen LogP contribution in [0, 0.1) is 6.92 Å². The lowest BCUT2D eigenvalue weighted by Gasteiger charge is -2.38. The van der Waals surface area contributed by atoms with Crippen molar-refractivity contribution in [3.05, 3.63) is 64.7 Å². The van der Waals surface area contributed by atoms with Crippen molar-refractivity contribution >= 4 is 23.2 Å². The molecule has 0 unspecified atom stereocenters. The largest absolute Gasteiger partial charge is 0.309 e. The number of rotatable bonds is 5. The Labute approximate surface area is 161 Å².